The van der Waals surface area contributed by atoms with Crippen LogP contribution in [0.1, 0.15) is 58.4 Å². The molecule has 0 radical (unpaired) electrons. The van der Waals surface area contributed by atoms with Crippen molar-refractivity contribution in [2.45, 2.75) is 64.5 Å². The van der Waals surface area contributed by atoms with Crippen molar-refractivity contribution in [3.8, 4) is 0 Å². The minimum absolute atomic E-state index is 0.0814. The van der Waals surface area contributed by atoms with Crippen molar-refractivity contribution in [1.82, 2.24) is 5.32 Å². The first-order valence-electron chi connectivity index (χ1n) is 8.99. The van der Waals surface area contributed by atoms with Gasteiger partial charge >= 0.3 is 5.97 Å². The summed E-state index contributed by atoms with van der Waals surface area (Å²) < 4.78 is 5.64. The Bertz CT molecular complexity index is 613. The van der Waals surface area contributed by atoms with Crippen LogP contribution in [0.3, 0.4) is 0 Å². The summed E-state index contributed by atoms with van der Waals surface area (Å²) >= 11 is 0. The van der Waals surface area contributed by atoms with Crippen LogP contribution in [0.4, 0.5) is 0 Å². The third kappa shape index (κ3) is 3.56. The van der Waals surface area contributed by atoms with E-state index in [9.17, 15) is 14.7 Å². The maximum atomic E-state index is 12.6. The molecular weight excluding hydrogens is 318 g/mol. The highest BCUT2D eigenvalue weighted by Gasteiger charge is 2.66. The van der Waals surface area contributed by atoms with Gasteiger partial charge < -0.3 is 15.2 Å². The van der Waals surface area contributed by atoms with Crippen LogP contribution in [0.5, 0.6) is 0 Å². The first-order chi connectivity index (χ1) is 11.8. The number of aliphatic carboxylic acids is 1. The lowest BCUT2D eigenvalue weighted by Gasteiger charge is -2.58. The van der Waals surface area contributed by atoms with Crippen molar-refractivity contribution in [3.63, 3.8) is 0 Å². The number of amides is 1. The summed E-state index contributed by atoms with van der Waals surface area (Å²) in [6.07, 6.45) is 1.25. The number of carbonyl (C=O) groups is 2. The largest absolute Gasteiger partial charge is 0.479 e. The number of ether oxygens (including phenoxy) is 1. The number of nitrogens with one attached hydrogen (secondary N) is 1. The number of carbonyl (C=O) groups excluding carboxylic acids is 1. The fourth-order valence-corrected chi connectivity index (χ4v) is 3.77. The van der Waals surface area contributed by atoms with E-state index in [4.69, 9.17) is 4.74 Å². The number of hydrogen-bond acceptors (Lipinski definition) is 3. The lowest BCUT2D eigenvalue weighted by atomic mass is 9.54. The molecule has 3 unspecified atom stereocenters. The predicted molar refractivity (Wildman–Crippen MR) is 96.4 cm³/mol. The molecule has 0 heterocycles. The maximum absolute atomic E-state index is 12.6. The Labute approximate surface area is 149 Å². The molecule has 1 amide bonds. The normalized spacial score (nSPS) is 25.7. The molecule has 0 bridgehead atoms. The molecule has 0 aliphatic heterocycles. The number of carboxylic acids is 1. The van der Waals surface area contributed by atoms with Crippen molar-refractivity contribution >= 4 is 11.9 Å². The van der Waals surface area contributed by atoms with Crippen molar-refractivity contribution in [2.24, 2.45) is 5.41 Å². The van der Waals surface area contributed by atoms with Crippen molar-refractivity contribution < 1.29 is 19.4 Å². The van der Waals surface area contributed by atoms with E-state index in [1.165, 1.54) is 0 Å². The first kappa shape index (κ1) is 19.4. The highest BCUT2D eigenvalue weighted by molar-refractivity contribution is 5.89. The van der Waals surface area contributed by atoms with Gasteiger partial charge in [0, 0.05) is 24.9 Å². The molecule has 1 aliphatic rings. The van der Waals surface area contributed by atoms with Crippen LogP contribution in [0.25, 0.3) is 0 Å². The second-order valence-corrected chi connectivity index (χ2v) is 7.35. The van der Waals surface area contributed by atoms with Gasteiger partial charge in [-0.15, -0.1) is 0 Å². The molecule has 0 aromatic heterocycles. The van der Waals surface area contributed by atoms with Gasteiger partial charge in [-0.05, 0) is 24.8 Å². The van der Waals surface area contributed by atoms with Crippen LogP contribution in [-0.4, -0.2) is 35.2 Å². The van der Waals surface area contributed by atoms with E-state index in [2.05, 4.69) is 5.32 Å². The van der Waals surface area contributed by atoms with E-state index in [0.717, 1.165) is 12.0 Å². The van der Waals surface area contributed by atoms with Crippen LogP contribution in [0.2, 0.25) is 0 Å². The Balaban J connectivity index is 2.10. The second-order valence-electron chi connectivity index (χ2n) is 7.35. The van der Waals surface area contributed by atoms with Gasteiger partial charge in [0.15, 0.2) is 0 Å². The van der Waals surface area contributed by atoms with Crippen molar-refractivity contribution in [2.75, 3.05) is 6.61 Å². The Kier molecular flexibility index (Phi) is 5.88. The molecule has 0 spiro atoms. The number of benzene rings is 1. The molecule has 25 heavy (non-hydrogen) atoms. The molecule has 1 aliphatic carbocycles. The van der Waals surface area contributed by atoms with E-state index >= 15 is 0 Å². The van der Waals surface area contributed by atoms with E-state index < -0.39 is 16.9 Å². The average Bonchev–Trinajstić information content (AvgIpc) is 2.59. The fraction of sp³-hybridized carbons (Fsp3) is 0.600. The smallest absolute Gasteiger partial charge is 0.330 e. The van der Waals surface area contributed by atoms with Crippen molar-refractivity contribution in [3.05, 3.63) is 35.9 Å². The van der Waals surface area contributed by atoms with E-state index in [1.54, 1.807) is 0 Å². The highest BCUT2D eigenvalue weighted by Crippen LogP contribution is 2.51. The Hall–Kier alpha value is -1.88. The molecule has 138 valence electrons. The summed E-state index contributed by atoms with van der Waals surface area (Å²) in [4.78, 5) is 24.6. The molecule has 3 atom stereocenters. The number of rotatable bonds is 8. The molecule has 0 saturated heterocycles. The maximum Gasteiger partial charge on any atom is 0.330 e. The minimum Gasteiger partial charge on any atom is -0.479 e. The molecular formula is C20H29NO4. The summed E-state index contributed by atoms with van der Waals surface area (Å²) in [5, 5.41) is 12.6. The molecule has 1 aromatic rings. The third-order valence-corrected chi connectivity index (χ3v) is 5.68. The van der Waals surface area contributed by atoms with E-state index in [1.807, 2.05) is 58.0 Å². The molecule has 2 rings (SSSR count). The Morgan fingerprint density at radius 2 is 1.92 bits per heavy atom. The van der Waals surface area contributed by atoms with Gasteiger partial charge in [-0.2, -0.15) is 0 Å². The quantitative estimate of drug-likeness (QED) is 0.756. The molecule has 5 nitrogen and oxygen atoms in total. The number of hydrogen-bond donors (Lipinski definition) is 2. The van der Waals surface area contributed by atoms with Gasteiger partial charge in [-0.3, -0.25) is 4.79 Å². The van der Waals surface area contributed by atoms with Crippen LogP contribution < -0.4 is 5.32 Å². The van der Waals surface area contributed by atoms with Crippen LogP contribution in [-0.2, 0) is 14.3 Å². The van der Waals surface area contributed by atoms with Gasteiger partial charge in [0.05, 0.1) is 6.10 Å². The lowest BCUT2D eigenvalue weighted by molar-refractivity contribution is -0.194. The van der Waals surface area contributed by atoms with Crippen LogP contribution >= 0.6 is 0 Å². The zero-order valence-corrected chi connectivity index (χ0v) is 15.5. The highest BCUT2D eigenvalue weighted by atomic mass is 16.5. The molecule has 1 aromatic carbocycles. The number of carboxylic acid groups (broad SMARTS) is 1. The van der Waals surface area contributed by atoms with Gasteiger partial charge in [0.25, 0.3) is 0 Å². The predicted octanol–water partition coefficient (Wildman–Crippen LogP) is 3.34. The minimum atomic E-state index is -1.26. The summed E-state index contributed by atoms with van der Waals surface area (Å²) in [7, 11) is 0. The van der Waals surface area contributed by atoms with Crippen molar-refractivity contribution in [1.29, 1.82) is 0 Å². The van der Waals surface area contributed by atoms with Gasteiger partial charge in [-0.1, -0.05) is 51.1 Å². The lowest BCUT2D eigenvalue weighted by Crippen LogP contribution is -2.76. The zero-order valence-electron chi connectivity index (χ0n) is 15.5. The van der Waals surface area contributed by atoms with Gasteiger partial charge in [-0.25, -0.2) is 4.79 Å². The summed E-state index contributed by atoms with van der Waals surface area (Å²) in [6, 6.07) is 9.87. The van der Waals surface area contributed by atoms with E-state index in [0.29, 0.717) is 13.0 Å². The SMILES string of the molecule is CCOC1CC(NC(=O)CC(CC)c2ccccc2)(C(=O)O)C1(C)C. The third-order valence-electron chi connectivity index (χ3n) is 5.68. The van der Waals surface area contributed by atoms with Gasteiger partial charge in [0.1, 0.15) is 5.54 Å². The second kappa shape index (κ2) is 7.56. The standard InChI is InChI=1S/C20H29NO4/c1-5-14(15-10-8-7-9-11-15)12-17(22)21-20(18(23)24)13-16(25-6-2)19(20,3)4/h7-11,14,16H,5-6,12-13H2,1-4H3,(H,21,22)(H,23,24). The van der Waals surface area contributed by atoms with E-state index in [-0.39, 0.29) is 24.3 Å². The monoisotopic (exact) mass is 347 g/mol. The topological polar surface area (TPSA) is 75.6 Å². The summed E-state index contributed by atoms with van der Waals surface area (Å²) in [5.74, 6) is -1.13. The molecule has 1 fully saturated rings. The Morgan fingerprint density at radius 3 is 2.40 bits per heavy atom. The molecule has 5 heteroatoms. The first-order valence-corrected chi connectivity index (χ1v) is 8.99. The van der Waals surface area contributed by atoms with Gasteiger partial charge in [0.2, 0.25) is 5.91 Å². The summed E-state index contributed by atoms with van der Waals surface area (Å²) in [6.45, 7) is 8.15. The van der Waals surface area contributed by atoms with Crippen LogP contribution in [0, 0.1) is 5.41 Å². The fourth-order valence-electron chi connectivity index (χ4n) is 3.77. The molecule has 2 N–H and O–H groups in total. The zero-order chi connectivity index (χ0) is 18.7. The van der Waals surface area contributed by atoms with Crippen LogP contribution in [0.15, 0.2) is 30.3 Å². The Morgan fingerprint density at radius 1 is 1.28 bits per heavy atom. The average molecular weight is 347 g/mol. The molecule has 1 saturated carbocycles. The summed E-state index contributed by atoms with van der Waals surface area (Å²) in [5.41, 5.74) is -0.817.